The molecule has 0 aliphatic heterocycles. The van der Waals surface area contributed by atoms with Crippen LogP contribution >= 0.6 is 9.82 Å². The molecule has 0 heterocycles. The molecule has 0 radical (unpaired) electrons. The molecule has 0 aromatic rings. The second-order valence-electron chi connectivity index (χ2n) is 1.06. The maximum absolute atomic E-state index is 4.09. The van der Waals surface area contributed by atoms with Crippen molar-refractivity contribution in [3.63, 3.8) is 0 Å². The van der Waals surface area contributed by atoms with Gasteiger partial charge in [-0.25, -0.2) is 0 Å². The third kappa shape index (κ3) is 19.7. The Balaban J connectivity index is 0. The maximum atomic E-state index is 4.09. The Morgan fingerprint density at radius 3 is 1.43 bits per heavy atom. The van der Waals surface area contributed by atoms with E-state index >= 15 is 0 Å². The fourth-order valence-corrected chi connectivity index (χ4v) is 0.177. The van der Waals surface area contributed by atoms with Crippen LogP contribution in [0.15, 0.2) is 0 Å². The zero-order chi connectivity index (χ0) is 6.12. The summed E-state index contributed by atoms with van der Waals surface area (Å²) in [6.45, 7) is 7.27. The van der Waals surface area contributed by atoms with Gasteiger partial charge in [0.1, 0.15) is 0 Å². The predicted octanol–water partition coefficient (Wildman–Crippen LogP) is 2.47. The quantitative estimate of drug-likeness (QED) is 0.485. The summed E-state index contributed by atoms with van der Waals surface area (Å²) in [6, 6.07) is 0. The molecule has 0 spiro atoms. The minimum absolute atomic E-state index is 1.03. The molecule has 0 aromatic carbocycles. The van der Waals surface area contributed by atoms with Crippen LogP contribution in [-0.2, 0) is 18.0 Å². The molecule has 0 nitrogen and oxygen atoms in total. The van der Waals surface area contributed by atoms with E-state index in [1.807, 2.05) is 0 Å². The SMILES string of the molecule is [CH2-]CCC[CH2-].[S]=[Mo]. The summed E-state index contributed by atoms with van der Waals surface area (Å²) in [5, 5.41) is 0. The topological polar surface area (TPSA) is 0 Å². The van der Waals surface area contributed by atoms with Crippen molar-refractivity contribution in [1.29, 1.82) is 0 Å². The molecule has 0 rings (SSSR count). The van der Waals surface area contributed by atoms with E-state index in [9.17, 15) is 0 Å². The zero-order valence-corrected chi connectivity index (χ0v) is 7.18. The molecule has 44 valence electrons. The van der Waals surface area contributed by atoms with Crippen LogP contribution in [0.3, 0.4) is 0 Å². The van der Waals surface area contributed by atoms with Gasteiger partial charge in [-0.3, -0.25) is 0 Å². The van der Waals surface area contributed by atoms with Crippen molar-refractivity contribution in [3.8, 4) is 0 Å². The van der Waals surface area contributed by atoms with E-state index in [0.717, 1.165) is 12.8 Å². The van der Waals surface area contributed by atoms with Crippen LogP contribution in [0.5, 0.6) is 0 Å². The molecular formula is C5H10MoS-2. The van der Waals surface area contributed by atoms with E-state index in [4.69, 9.17) is 0 Å². The molecule has 0 unspecified atom stereocenters. The summed E-state index contributed by atoms with van der Waals surface area (Å²) >= 11 is 1.53. The Kier molecular flexibility index (Phi) is 24.4. The molecule has 2 heteroatoms. The van der Waals surface area contributed by atoms with E-state index in [1.165, 1.54) is 24.4 Å². The number of hydrogen-bond donors (Lipinski definition) is 0. The first-order valence-corrected chi connectivity index (χ1v) is 4.96. The Morgan fingerprint density at radius 2 is 1.43 bits per heavy atom. The Hall–Kier alpha value is 0.908. The molecule has 0 saturated carbocycles. The van der Waals surface area contributed by atoms with E-state index in [-0.39, 0.29) is 0 Å². The van der Waals surface area contributed by atoms with Gasteiger partial charge in [-0.1, -0.05) is 0 Å². The molecule has 0 amide bonds. The number of hydrogen-bond acceptors (Lipinski definition) is 1. The van der Waals surface area contributed by atoms with Gasteiger partial charge >= 0.3 is 27.8 Å². The molecule has 0 aromatic heterocycles. The van der Waals surface area contributed by atoms with Crippen molar-refractivity contribution in [2.45, 2.75) is 19.3 Å². The first-order chi connectivity index (χ1) is 3.41. The average Bonchev–Trinajstić information content (AvgIpc) is 1.75. The van der Waals surface area contributed by atoms with Gasteiger partial charge in [-0.05, 0) is 0 Å². The van der Waals surface area contributed by atoms with Gasteiger partial charge in [0.05, 0.1) is 0 Å². The minimum atomic E-state index is 1.03. The van der Waals surface area contributed by atoms with Crippen LogP contribution < -0.4 is 0 Å². The van der Waals surface area contributed by atoms with E-state index in [1.54, 1.807) is 0 Å². The molecular weight excluding hydrogens is 188 g/mol. The van der Waals surface area contributed by atoms with Gasteiger partial charge in [0.25, 0.3) is 0 Å². The zero-order valence-electron chi connectivity index (χ0n) is 4.35. The van der Waals surface area contributed by atoms with Crippen molar-refractivity contribution in [1.82, 2.24) is 0 Å². The first kappa shape index (κ1) is 10.8. The van der Waals surface area contributed by atoms with E-state index in [0.29, 0.717) is 0 Å². The molecule has 7 heavy (non-hydrogen) atoms. The fraction of sp³-hybridized carbons (Fsp3) is 0.600. The van der Waals surface area contributed by atoms with Crippen LogP contribution in [0.25, 0.3) is 0 Å². The van der Waals surface area contributed by atoms with Gasteiger partial charge in [0.15, 0.2) is 0 Å². The summed E-state index contributed by atoms with van der Waals surface area (Å²) in [4.78, 5) is 0. The third-order valence-electron chi connectivity index (χ3n) is 0.500. The third-order valence-corrected chi connectivity index (χ3v) is 0.500. The summed E-state index contributed by atoms with van der Waals surface area (Å²) < 4.78 is 0. The van der Waals surface area contributed by atoms with Crippen molar-refractivity contribution in [2.75, 3.05) is 0 Å². The normalized spacial score (nSPS) is 6.57. The summed E-state index contributed by atoms with van der Waals surface area (Å²) in [5.41, 5.74) is 0. The van der Waals surface area contributed by atoms with E-state index < -0.39 is 0 Å². The van der Waals surface area contributed by atoms with Crippen molar-refractivity contribution in [2.24, 2.45) is 0 Å². The van der Waals surface area contributed by atoms with Crippen molar-refractivity contribution < 1.29 is 18.0 Å². The van der Waals surface area contributed by atoms with Gasteiger partial charge in [0.2, 0.25) is 0 Å². The summed E-state index contributed by atoms with van der Waals surface area (Å²) in [7, 11) is 4.09. The fourth-order valence-electron chi connectivity index (χ4n) is 0.177. The second-order valence-corrected chi connectivity index (χ2v) is 1.06. The Labute approximate surface area is 61.0 Å². The molecule has 0 bridgehead atoms. The number of unbranched alkanes of at least 4 members (excludes halogenated alkanes) is 2. The van der Waals surface area contributed by atoms with Crippen LogP contribution in [0.1, 0.15) is 19.3 Å². The first-order valence-electron chi connectivity index (χ1n) is 2.17. The second kappa shape index (κ2) is 15.8. The Morgan fingerprint density at radius 1 is 1.14 bits per heavy atom. The monoisotopic (exact) mass is 200 g/mol. The van der Waals surface area contributed by atoms with Crippen LogP contribution in [0, 0.1) is 13.8 Å². The molecule has 0 saturated heterocycles. The summed E-state index contributed by atoms with van der Waals surface area (Å²) in [5.74, 6) is 0. The molecule has 0 N–H and O–H groups in total. The molecule has 0 atom stereocenters. The van der Waals surface area contributed by atoms with E-state index in [2.05, 4.69) is 23.7 Å². The molecule has 0 fully saturated rings. The van der Waals surface area contributed by atoms with Gasteiger partial charge in [-0.15, -0.1) is 6.42 Å². The van der Waals surface area contributed by atoms with Crippen LogP contribution in [0.2, 0.25) is 0 Å². The van der Waals surface area contributed by atoms with Crippen LogP contribution in [0.4, 0.5) is 0 Å². The number of rotatable bonds is 2. The summed E-state index contributed by atoms with van der Waals surface area (Å²) in [6.07, 6.45) is 3.23. The Bertz CT molecular complexity index is 22.0. The van der Waals surface area contributed by atoms with Crippen LogP contribution in [-0.4, -0.2) is 0 Å². The van der Waals surface area contributed by atoms with Crippen molar-refractivity contribution >= 4 is 9.82 Å². The average molecular weight is 198 g/mol. The molecule has 0 aliphatic rings. The van der Waals surface area contributed by atoms with Gasteiger partial charge in [0, 0.05) is 0 Å². The van der Waals surface area contributed by atoms with Crippen molar-refractivity contribution in [3.05, 3.63) is 13.8 Å². The van der Waals surface area contributed by atoms with Gasteiger partial charge < -0.3 is 13.8 Å². The standard InChI is InChI=1S/C5H10.Mo.S/c1-3-5-4-2;;/h1-5H2;;/q-2;;. The predicted molar refractivity (Wildman–Crippen MR) is 32.2 cm³/mol. The van der Waals surface area contributed by atoms with Gasteiger partial charge in [-0.2, -0.15) is 12.8 Å². The molecule has 0 aliphatic carbocycles.